The first kappa shape index (κ1) is 14.5. The molecule has 0 saturated heterocycles. The third-order valence-electron chi connectivity index (χ3n) is 2.27. The van der Waals surface area contributed by atoms with E-state index in [1.165, 1.54) is 0 Å². The lowest BCUT2D eigenvalue weighted by molar-refractivity contribution is 0.0616. The van der Waals surface area contributed by atoms with E-state index in [0.717, 1.165) is 11.1 Å². The molecule has 0 aromatic heterocycles. The van der Waals surface area contributed by atoms with Gasteiger partial charge in [-0.15, -0.1) is 0 Å². The lowest BCUT2D eigenvalue weighted by Gasteiger charge is -2.07. The summed E-state index contributed by atoms with van der Waals surface area (Å²) in [6, 6.07) is 5.67. The number of hydrogen-bond donors (Lipinski definition) is 1. The van der Waals surface area contributed by atoms with Crippen LogP contribution >= 0.6 is 0 Å². The number of rotatable bonds is 6. The Hall–Kier alpha value is -1.54. The maximum Gasteiger partial charge on any atom is 0.134 e. The second-order valence-corrected chi connectivity index (χ2v) is 3.54. The molecule has 0 saturated carbocycles. The molecule has 1 N–H and O–H groups in total. The van der Waals surface area contributed by atoms with Crippen LogP contribution < -0.4 is 4.74 Å². The third kappa shape index (κ3) is 4.76. The maximum absolute atomic E-state index is 8.71. The molecule has 0 radical (unpaired) electrons. The first-order valence-electron chi connectivity index (χ1n) is 5.65. The fourth-order valence-electron chi connectivity index (χ4n) is 1.41. The van der Waals surface area contributed by atoms with Crippen molar-refractivity contribution in [3.63, 3.8) is 0 Å². The minimum absolute atomic E-state index is 0.169. The predicted molar refractivity (Wildman–Crippen MR) is 68.5 cm³/mol. The highest BCUT2D eigenvalue weighted by Crippen LogP contribution is 2.19. The Labute approximate surface area is 107 Å². The van der Waals surface area contributed by atoms with Crippen LogP contribution in [0.3, 0.4) is 0 Å². The third-order valence-corrected chi connectivity index (χ3v) is 2.27. The number of methoxy groups -OCH3 is 2. The summed E-state index contributed by atoms with van der Waals surface area (Å²) in [5, 5.41) is 8.71. The van der Waals surface area contributed by atoms with Crippen molar-refractivity contribution in [1.82, 2.24) is 0 Å². The number of aliphatic hydroxyl groups excluding tert-OH is 1. The van der Waals surface area contributed by atoms with Crippen LogP contribution in [0.5, 0.6) is 5.75 Å². The van der Waals surface area contributed by atoms with Gasteiger partial charge >= 0.3 is 0 Å². The SMILES string of the molecule is COCCOCc1ccc(OC)c(C#CCO)c1. The highest BCUT2D eigenvalue weighted by molar-refractivity contribution is 5.48. The highest BCUT2D eigenvalue weighted by atomic mass is 16.5. The Morgan fingerprint density at radius 3 is 2.72 bits per heavy atom. The van der Waals surface area contributed by atoms with Gasteiger partial charge in [-0.2, -0.15) is 0 Å². The molecule has 1 rings (SSSR count). The highest BCUT2D eigenvalue weighted by Gasteiger charge is 2.02. The zero-order chi connectivity index (χ0) is 13.2. The molecule has 4 heteroatoms. The van der Waals surface area contributed by atoms with Gasteiger partial charge in [-0.05, 0) is 17.7 Å². The Bertz CT molecular complexity index is 418. The van der Waals surface area contributed by atoms with Gasteiger partial charge in [0.25, 0.3) is 0 Å². The summed E-state index contributed by atoms with van der Waals surface area (Å²) in [7, 11) is 3.23. The van der Waals surface area contributed by atoms with Gasteiger partial charge in [-0.1, -0.05) is 17.9 Å². The van der Waals surface area contributed by atoms with Gasteiger partial charge in [0.2, 0.25) is 0 Å². The summed E-state index contributed by atoms with van der Waals surface area (Å²) < 4.78 is 15.5. The summed E-state index contributed by atoms with van der Waals surface area (Å²) in [6.07, 6.45) is 0. The van der Waals surface area contributed by atoms with Gasteiger partial charge in [0.05, 0.1) is 32.5 Å². The summed E-state index contributed by atoms with van der Waals surface area (Å²) in [6.45, 7) is 1.46. The molecule has 1 aromatic rings. The van der Waals surface area contributed by atoms with E-state index in [1.54, 1.807) is 14.2 Å². The summed E-state index contributed by atoms with van der Waals surface area (Å²) >= 11 is 0. The maximum atomic E-state index is 8.71. The van der Waals surface area contributed by atoms with Crippen molar-refractivity contribution >= 4 is 0 Å². The zero-order valence-corrected chi connectivity index (χ0v) is 10.7. The van der Waals surface area contributed by atoms with Crippen molar-refractivity contribution in [2.75, 3.05) is 34.0 Å². The van der Waals surface area contributed by atoms with Crippen molar-refractivity contribution in [2.45, 2.75) is 6.61 Å². The Balaban J connectivity index is 2.70. The van der Waals surface area contributed by atoms with Crippen LogP contribution in [0.15, 0.2) is 18.2 Å². The first-order chi connectivity index (χ1) is 8.81. The minimum Gasteiger partial charge on any atom is -0.495 e. The normalized spacial score (nSPS) is 9.72. The van der Waals surface area contributed by atoms with E-state index in [-0.39, 0.29) is 6.61 Å². The number of ether oxygens (including phenoxy) is 3. The van der Waals surface area contributed by atoms with E-state index < -0.39 is 0 Å². The molecule has 18 heavy (non-hydrogen) atoms. The smallest absolute Gasteiger partial charge is 0.134 e. The number of benzene rings is 1. The summed E-state index contributed by atoms with van der Waals surface area (Å²) in [5.41, 5.74) is 1.76. The fraction of sp³-hybridized carbons (Fsp3) is 0.429. The van der Waals surface area contributed by atoms with Crippen LogP contribution in [0.4, 0.5) is 0 Å². The monoisotopic (exact) mass is 250 g/mol. The van der Waals surface area contributed by atoms with Crippen molar-refractivity contribution in [3.05, 3.63) is 29.3 Å². The molecule has 1 aromatic carbocycles. The van der Waals surface area contributed by atoms with Crippen LogP contribution in [0.1, 0.15) is 11.1 Å². The lowest BCUT2D eigenvalue weighted by atomic mass is 10.1. The van der Waals surface area contributed by atoms with Crippen LogP contribution in [0.2, 0.25) is 0 Å². The van der Waals surface area contributed by atoms with Gasteiger partial charge in [0.15, 0.2) is 0 Å². The second-order valence-electron chi connectivity index (χ2n) is 3.54. The average molecular weight is 250 g/mol. The van der Waals surface area contributed by atoms with Crippen molar-refractivity contribution in [3.8, 4) is 17.6 Å². The largest absolute Gasteiger partial charge is 0.495 e. The fourth-order valence-corrected chi connectivity index (χ4v) is 1.41. The molecule has 0 spiro atoms. The van der Waals surface area contributed by atoms with E-state index >= 15 is 0 Å². The average Bonchev–Trinajstić information content (AvgIpc) is 2.41. The topological polar surface area (TPSA) is 47.9 Å². The van der Waals surface area contributed by atoms with Crippen molar-refractivity contribution in [2.24, 2.45) is 0 Å². The zero-order valence-electron chi connectivity index (χ0n) is 10.7. The molecule has 0 aliphatic heterocycles. The molecule has 0 heterocycles. The minimum atomic E-state index is -0.169. The van der Waals surface area contributed by atoms with E-state index in [2.05, 4.69) is 11.8 Å². The van der Waals surface area contributed by atoms with Gasteiger partial charge in [-0.3, -0.25) is 0 Å². The summed E-state index contributed by atoms with van der Waals surface area (Å²) in [4.78, 5) is 0. The van der Waals surface area contributed by atoms with E-state index in [9.17, 15) is 0 Å². The first-order valence-corrected chi connectivity index (χ1v) is 5.65. The molecule has 0 aliphatic carbocycles. The van der Waals surface area contributed by atoms with Crippen LogP contribution in [0.25, 0.3) is 0 Å². The van der Waals surface area contributed by atoms with Crippen molar-refractivity contribution < 1.29 is 19.3 Å². The molecule has 4 nitrogen and oxygen atoms in total. The molecule has 0 unspecified atom stereocenters. The molecule has 0 amide bonds. The second kappa shape index (κ2) is 8.54. The van der Waals surface area contributed by atoms with Gasteiger partial charge < -0.3 is 19.3 Å². The van der Waals surface area contributed by atoms with E-state index in [0.29, 0.717) is 25.6 Å². The predicted octanol–water partition coefficient (Wildman–Crippen LogP) is 1.20. The van der Waals surface area contributed by atoms with E-state index in [4.69, 9.17) is 19.3 Å². The van der Waals surface area contributed by atoms with Crippen LogP contribution in [0, 0.1) is 11.8 Å². The molecule has 0 atom stereocenters. The Morgan fingerprint density at radius 2 is 2.06 bits per heavy atom. The number of hydrogen-bond acceptors (Lipinski definition) is 4. The van der Waals surface area contributed by atoms with Gasteiger partial charge in [0, 0.05) is 7.11 Å². The van der Waals surface area contributed by atoms with Crippen LogP contribution in [-0.4, -0.2) is 39.1 Å². The molecular weight excluding hydrogens is 232 g/mol. The standard InChI is InChI=1S/C14H18O4/c1-16-8-9-18-11-12-5-6-14(17-2)13(10-12)4-3-7-15/h5-6,10,15H,7-9,11H2,1-2H3. The molecule has 0 bridgehead atoms. The lowest BCUT2D eigenvalue weighted by Crippen LogP contribution is -2.02. The molecular formula is C14H18O4. The Kier molecular flexibility index (Phi) is 6.89. The molecule has 98 valence electrons. The molecule has 0 fully saturated rings. The summed E-state index contributed by atoms with van der Waals surface area (Å²) in [5.74, 6) is 6.15. The quantitative estimate of drug-likeness (QED) is 0.609. The van der Waals surface area contributed by atoms with Gasteiger partial charge in [-0.25, -0.2) is 0 Å². The molecule has 0 aliphatic rings. The van der Waals surface area contributed by atoms with E-state index in [1.807, 2.05) is 18.2 Å². The Morgan fingerprint density at radius 1 is 1.22 bits per heavy atom. The number of aliphatic hydroxyl groups is 1. The van der Waals surface area contributed by atoms with Crippen molar-refractivity contribution in [1.29, 1.82) is 0 Å². The van der Waals surface area contributed by atoms with Gasteiger partial charge in [0.1, 0.15) is 12.4 Å². The van der Waals surface area contributed by atoms with Crippen LogP contribution in [-0.2, 0) is 16.1 Å².